The molecule has 0 fully saturated rings. The van der Waals surface area contributed by atoms with Gasteiger partial charge in [0.1, 0.15) is 5.01 Å². The number of aryl methyl sites for hydroxylation is 1. The highest BCUT2D eigenvalue weighted by molar-refractivity contribution is 8.00. The number of hydrogen-bond donors (Lipinski definition) is 2. The van der Waals surface area contributed by atoms with Gasteiger partial charge in [-0.15, -0.1) is 10.2 Å². The van der Waals surface area contributed by atoms with Crippen LogP contribution in [0.1, 0.15) is 31.0 Å². The molecule has 0 aromatic carbocycles. The molecule has 0 spiro atoms. The molecule has 0 unspecified atom stereocenters. The Balaban J connectivity index is 1.99. The summed E-state index contributed by atoms with van der Waals surface area (Å²) in [6.45, 7) is 5.60. The molecule has 0 saturated carbocycles. The predicted molar refractivity (Wildman–Crippen MR) is 98.4 cm³/mol. The van der Waals surface area contributed by atoms with Crippen LogP contribution in [0, 0.1) is 6.92 Å². The van der Waals surface area contributed by atoms with E-state index in [1.807, 2.05) is 6.92 Å². The maximum Gasteiger partial charge on any atom is 0.312 e. The lowest BCUT2D eigenvalue weighted by Gasteiger charge is -2.12. The van der Waals surface area contributed by atoms with Crippen LogP contribution in [0.4, 0.5) is 5.13 Å². The van der Waals surface area contributed by atoms with Gasteiger partial charge < -0.3 is 9.72 Å². The Morgan fingerprint density at radius 3 is 2.81 bits per heavy atom. The minimum Gasteiger partial charge on any atom is -0.466 e. The van der Waals surface area contributed by atoms with E-state index in [0.717, 1.165) is 11.3 Å². The third kappa shape index (κ3) is 5.92. The first-order valence-electron chi connectivity index (χ1n) is 7.94. The molecule has 0 aliphatic heterocycles. The lowest BCUT2D eigenvalue weighted by atomic mass is 10.3. The number of aromatic nitrogens is 4. The van der Waals surface area contributed by atoms with E-state index in [0.29, 0.717) is 34.0 Å². The second kappa shape index (κ2) is 9.43. The van der Waals surface area contributed by atoms with Crippen molar-refractivity contribution in [3.8, 4) is 0 Å². The quantitative estimate of drug-likeness (QED) is 0.390. The number of H-pyrrole nitrogens is 1. The molecule has 11 heteroatoms. The SMILES string of the molecule is CCOC(=O)Cc1nnc(NC(=O)[C@H](CC)Sc2nc(C)cc(=O)[nH]2)s1. The molecule has 2 rings (SSSR count). The molecule has 1 atom stereocenters. The standard InChI is InChI=1S/C15H19N5O4S2/c1-4-9(25-14-16-8(3)6-10(21)17-14)13(23)18-15-20-19-11(26-15)7-12(22)24-5-2/h6,9H,4-5,7H2,1-3H3,(H,16,17,21)(H,18,20,23)/t9-/m0/s1. The van der Waals surface area contributed by atoms with Crippen molar-refractivity contribution in [2.75, 3.05) is 11.9 Å². The number of carbonyl (C=O) groups is 2. The topological polar surface area (TPSA) is 127 Å². The van der Waals surface area contributed by atoms with Gasteiger partial charge in [-0.05, 0) is 20.3 Å². The summed E-state index contributed by atoms with van der Waals surface area (Å²) in [6, 6.07) is 1.39. The number of rotatable bonds is 8. The molecule has 0 radical (unpaired) electrons. The van der Waals surface area contributed by atoms with Gasteiger partial charge in [-0.25, -0.2) is 4.98 Å². The number of amides is 1. The van der Waals surface area contributed by atoms with Crippen LogP contribution in [0.25, 0.3) is 0 Å². The van der Waals surface area contributed by atoms with Gasteiger partial charge in [0.2, 0.25) is 11.0 Å². The second-order valence-electron chi connectivity index (χ2n) is 5.18. The van der Waals surface area contributed by atoms with Crippen molar-refractivity contribution in [2.45, 2.75) is 44.0 Å². The third-order valence-corrected chi connectivity index (χ3v) is 5.15. The van der Waals surface area contributed by atoms with E-state index < -0.39 is 11.2 Å². The number of aromatic amines is 1. The van der Waals surface area contributed by atoms with Crippen LogP contribution in [-0.2, 0) is 20.7 Å². The number of ether oxygens (including phenoxy) is 1. The molecule has 0 aliphatic carbocycles. The number of nitrogens with zero attached hydrogens (tertiary/aromatic N) is 3. The van der Waals surface area contributed by atoms with Crippen molar-refractivity contribution in [3.05, 3.63) is 27.1 Å². The molecule has 2 heterocycles. The number of thioether (sulfide) groups is 1. The van der Waals surface area contributed by atoms with E-state index in [-0.39, 0.29) is 17.9 Å². The fourth-order valence-corrected chi connectivity index (χ4v) is 3.65. The number of anilines is 1. The molecule has 0 aliphatic rings. The smallest absolute Gasteiger partial charge is 0.312 e. The summed E-state index contributed by atoms with van der Waals surface area (Å²) >= 11 is 2.29. The van der Waals surface area contributed by atoms with E-state index in [2.05, 4.69) is 25.5 Å². The van der Waals surface area contributed by atoms with Crippen LogP contribution in [-0.4, -0.2) is 43.9 Å². The largest absolute Gasteiger partial charge is 0.466 e. The molecule has 2 N–H and O–H groups in total. The molecule has 2 aromatic rings. The highest BCUT2D eigenvalue weighted by Gasteiger charge is 2.21. The number of nitrogens with one attached hydrogen (secondary N) is 2. The zero-order chi connectivity index (χ0) is 19.1. The van der Waals surface area contributed by atoms with Gasteiger partial charge in [-0.2, -0.15) is 0 Å². The van der Waals surface area contributed by atoms with Crippen molar-refractivity contribution in [3.63, 3.8) is 0 Å². The molecule has 2 aromatic heterocycles. The first-order chi connectivity index (χ1) is 12.4. The molecular formula is C15H19N5O4S2. The van der Waals surface area contributed by atoms with Gasteiger partial charge >= 0.3 is 5.97 Å². The average Bonchev–Trinajstić information content (AvgIpc) is 2.98. The van der Waals surface area contributed by atoms with Crippen molar-refractivity contribution < 1.29 is 14.3 Å². The Labute approximate surface area is 158 Å². The minimum absolute atomic E-state index is 0.0157. The van der Waals surface area contributed by atoms with Gasteiger partial charge in [0.05, 0.1) is 18.3 Å². The van der Waals surface area contributed by atoms with Crippen LogP contribution in [0.5, 0.6) is 0 Å². The van der Waals surface area contributed by atoms with E-state index >= 15 is 0 Å². The summed E-state index contributed by atoms with van der Waals surface area (Å²) in [4.78, 5) is 42.2. The summed E-state index contributed by atoms with van der Waals surface area (Å²) in [5.41, 5.74) is 0.322. The minimum atomic E-state index is -0.461. The van der Waals surface area contributed by atoms with Gasteiger partial charge in [0.25, 0.3) is 5.56 Å². The van der Waals surface area contributed by atoms with Crippen LogP contribution in [0.15, 0.2) is 16.0 Å². The van der Waals surface area contributed by atoms with Crippen molar-refractivity contribution in [1.82, 2.24) is 20.2 Å². The molecule has 9 nitrogen and oxygen atoms in total. The zero-order valence-electron chi connectivity index (χ0n) is 14.6. The average molecular weight is 397 g/mol. The number of esters is 1. The Kier molecular flexibility index (Phi) is 7.27. The van der Waals surface area contributed by atoms with E-state index in [9.17, 15) is 14.4 Å². The summed E-state index contributed by atoms with van der Waals surface area (Å²) < 4.78 is 4.85. The summed E-state index contributed by atoms with van der Waals surface area (Å²) in [5.74, 6) is -0.668. The molecule has 26 heavy (non-hydrogen) atoms. The van der Waals surface area contributed by atoms with Gasteiger partial charge in [-0.3, -0.25) is 19.7 Å². The highest BCUT2D eigenvalue weighted by atomic mass is 32.2. The number of hydrogen-bond acceptors (Lipinski definition) is 9. The summed E-state index contributed by atoms with van der Waals surface area (Å²) in [7, 11) is 0. The molecule has 1 amide bonds. The third-order valence-electron chi connectivity index (χ3n) is 3.06. The normalized spacial score (nSPS) is 11.8. The predicted octanol–water partition coefficient (Wildman–Crippen LogP) is 1.54. The monoisotopic (exact) mass is 397 g/mol. The molecule has 0 saturated heterocycles. The maximum atomic E-state index is 12.4. The van der Waals surface area contributed by atoms with Crippen LogP contribution in [0.3, 0.4) is 0 Å². The molecule has 140 valence electrons. The van der Waals surface area contributed by atoms with E-state index in [1.54, 1.807) is 13.8 Å². The summed E-state index contributed by atoms with van der Waals surface area (Å²) in [6.07, 6.45) is 0.546. The molecular weight excluding hydrogens is 378 g/mol. The van der Waals surface area contributed by atoms with Crippen molar-refractivity contribution >= 4 is 40.1 Å². The fourth-order valence-electron chi connectivity index (χ4n) is 1.96. The Morgan fingerprint density at radius 2 is 2.15 bits per heavy atom. The summed E-state index contributed by atoms with van der Waals surface area (Å²) in [5, 5.41) is 11.1. The molecule has 0 bridgehead atoms. The zero-order valence-corrected chi connectivity index (χ0v) is 16.2. The van der Waals surface area contributed by atoms with E-state index in [1.165, 1.54) is 17.8 Å². The lowest BCUT2D eigenvalue weighted by molar-refractivity contribution is -0.142. The van der Waals surface area contributed by atoms with Gasteiger partial charge in [0.15, 0.2) is 5.16 Å². The highest BCUT2D eigenvalue weighted by Crippen LogP contribution is 2.24. The fraction of sp³-hybridized carbons (Fsp3) is 0.467. The van der Waals surface area contributed by atoms with Crippen molar-refractivity contribution in [2.24, 2.45) is 0 Å². The Morgan fingerprint density at radius 1 is 1.38 bits per heavy atom. The Hall–Kier alpha value is -2.27. The Bertz CT molecular complexity index is 835. The van der Waals surface area contributed by atoms with Gasteiger partial charge in [0, 0.05) is 11.8 Å². The van der Waals surface area contributed by atoms with E-state index in [4.69, 9.17) is 4.74 Å². The van der Waals surface area contributed by atoms with Crippen LogP contribution < -0.4 is 10.9 Å². The number of carbonyl (C=O) groups excluding carboxylic acids is 2. The van der Waals surface area contributed by atoms with Crippen molar-refractivity contribution in [1.29, 1.82) is 0 Å². The first kappa shape index (κ1) is 20.0. The second-order valence-corrected chi connectivity index (χ2v) is 7.43. The maximum absolute atomic E-state index is 12.4. The van der Waals surface area contributed by atoms with Crippen LogP contribution >= 0.6 is 23.1 Å². The lowest BCUT2D eigenvalue weighted by Crippen LogP contribution is -2.25. The first-order valence-corrected chi connectivity index (χ1v) is 9.64. The van der Waals surface area contributed by atoms with Gasteiger partial charge in [-0.1, -0.05) is 30.0 Å². The van der Waals surface area contributed by atoms with Crippen LogP contribution in [0.2, 0.25) is 0 Å².